The van der Waals surface area contributed by atoms with E-state index < -0.39 is 4.92 Å². The van der Waals surface area contributed by atoms with Gasteiger partial charge in [0.15, 0.2) is 11.5 Å². The Morgan fingerprint density at radius 1 is 1.14 bits per heavy atom. The molecular weight excluding hydrogens is 288 g/mol. The summed E-state index contributed by atoms with van der Waals surface area (Å²) in [6.45, 7) is 0.188. The summed E-state index contributed by atoms with van der Waals surface area (Å²) in [4.78, 5) is 22.1. The molecular formula is C15H12N2O5. The highest BCUT2D eigenvalue weighted by Gasteiger charge is 2.14. The van der Waals surface area contributed by atoms with Crippen LogP contribution >= 0.6 is 0 Å². The van der Waals surface area contributed by atoms with E-state index >= 15 is 0 Å². The van der Waals surface area contributed by atoms with Crippen LogP contribution in [0.1, 0.15) is 5.56 Å². The Hall–Kier alpha value is -3.09. The number of anilines is 1. The molecule has 7 heteroatoms. The topological polar surface area (TPSA) is 90.7 Å². The van der Waals surface area contributed by atoms with Crippen molar-refractivity contribution in [1.29, 1.82) is 0 Å². The highest BCUT2D eigenvalue weighted by Crippen LogP contribution is 2.32. The minimum absolute atomic E-state index is 0.0197. The van der Waals surface area contributed by atoms with E-state index in [2.05, 4.69) is 5.32 Å². The normalized spacial score (nSPS) is 12.0. The average Bonchev–Trinajstić information content (AvgIpc) is 2.95. The molecule has 0 fully saturated rings. The van der Waals surface area contributed by atoms with Gasteiger partial charge in [-0.2, -0.15) is 0 Å². The quantitative estimate of drug-likeness (QED) is 0.692. The van der Waals surface area contributed by atoms with E-state index in [-0.39, 0.29) is 24.8 Å². The number of nitro benzene ring substituents is 1. The van der Waals surface area contributed by atoms with Crippen molar-refractivity contribution in [2.75, 3.05) is 12.1 Å². The monoisotopic (exact) mass is 300 g/mol. The second kappa shape index (κ2) is 5.72. The summed E-state index contributed by atoms with van der Waals surface area (Å²) < 4.78 is 10.5. The van der Waals surface area contributed by atoms with Crippen LogP contribution in [0.2, 0.25) is 0 Å². The molecule has 22 heavy (non-hydrogen) atoms. The van der Waals surface area contributed by atoms with Gasteiger partial charge in [0, 0.05) is 17.8 Å². The van der Waals surface area contributed by atoms with Crippen LogP contribution in [-0.2, 0) is 11.2 Å². The number of rotatable bonds is 4. The maximum absolute atomic E-state index is 12.0. The fraction of sp³-hybridized carbons (Fsp3) is 0.133. The Labute approximate surface area is 125 Å². The summed E-state index contributed by atoms with van der Waals surface area (Å²) >= 11 is 0. The molecule has 1 aliphatic heterocycles. The smallest absolute Gasteiger partial charge is 0.269 e. The minimum atomic E-state index is -0.488. The van der Waals surface area contributed by atoms with Gasteiger partial charge in [0.2, 0.25) is 12.7 Å². The van der Waals surface area contributed by atoms with Crippen molar-refractivity contribution in [1.82, 2.24) is 0 Å². The third-order valence-electron chi connectivity index (χ3n) is 3.16. The summed E-state index contributed by atoms with van der Waals surface area (Å²) in [6, 6.07) is 11.0. The van der Waals surface area contributed by atoms with Crippen LogP contribution in [0.4, 0.5) is 11.4 Å². The lowest BCUT2D eigenvalue weighted by Crippen LogP contribution is -2.14. The van der Waals surface area contributed by atoms with E-state index in [1.807, 2.05) is 0 Å². The van der Waals surface area contributed by atoms with Crippen molar-refractivity contribution in [3.63, 3.8) is 0 Å². The van der Waals surface area contributed by atoms with Gasteiger partial charge >= 0.3 is 0 Å². The van der Waals surface area contributed by atoms with Crippen LogP contribution in [0, 0.1) is 10.1 Å². The maximum atomic E-state index is 12.0. The van der Waals surface area contributed by atoms with E-state index in [1.54, 1.807) is 18.2 Å². The number of hydrogen-bond acceptors (Lipinski definition) is 5. The van der Waals surface area contributed by atoms with Crippen molar-refractivity contribution in [2.24, 2.45) is 0 Å². The molecule has 0 unspecified atom stereocenters. The van der Waals surface area contributed by atoms with Gasteiger partial charge in [-0.15, -0.1) is 0 Å². The van der Waals surface area contributed by atoms with E-state index in [4.69, 9.17) is 9.47 Å². The average molecular weight is 300 g/mol. The van der Waals surface area contributed by atoms with Crippen LogP contribution in [0.3, 0.4) is 0 Å². The number of hydrogen-bond donors (Lipinski definition) is 1. The van der Waals surface area contributed by atoms with E-state index in [0.29, 0.717) is 17.2 Å². The largest absolute Gasteiger partial charge is 0.454 e. The standard InChI is InChI=1S/C15H12N2O5/c18-15(16-11-2-4-12(5-3-11)17(19)20)8-10-1-6-13-14(7-10)22-9-21-13/h1-7H,8-9H2,(H,16,18). The lowest BCUT2D eigenvalue weighted by molar-refractivity contribution is -0.384. The fourth-order valence-corrected chi connectivity index (χ4v) is 2.11. The van der Waals surface area contributed by atoms with Crippen molar-refractivity contribution >= 4 is 17.3 Å². The zero-order chi connectivity index (χ0) is 15.5. The first-order valence-electron chi connectivity index (χ1n) is 6.54. The van der Waals surface area contributed by atoms with Gasteiger partial charge in [-0.25, -0.2) is 0 Å². The third kappa shape index (κ3) is 2.98. The van der Waals surface area contributed by atoms with Crippen molar-refractivity contribution < 1.29 is 19.2 Å². The van der Waals surface area contributed by atoms with Crippen LogP contribution < -0.4 is 14.8 Å². The van der Waals surface area contributed by atoms with Gasteiger partial charge in [0.25, 0.3) is 5.69 Å². The first-order chi connectivity index (χ1) is 10.6. The van der Waals surface area contributed by atoms with Gasteiger partial charge in [-0.1, -0.05) is 6.07 Å². The summed E-state index contributed by atoms with van der Waals surface area (Å²) in [5, 5.41) is 13.3. The lowest BCUT2D eigenvalue weighted by atomic mass is 10.1. The molecule has 0 atom stereocenters. The molecule has 0 spiro atoms. The number of nitrogens with zero attached hydrogens (tertiary/aromatic N) is 1. The number of carbonyl (C=O) groups excluding carboxylic acids is 1. The molecule has 0 aromatic heterocycles. The molecule has 0 bridgehead atoms. The Balaban J connectivity index is 1.63. The molecule has 112 valence electrons. The van der Waals surface area contributed by atoms with Crippen molar-refractivity contribution in [2.45, 2.75) is 6.42 Å². The number of amides is 1. The zero-order valence-electron chi connectivity index (χ0n) is 11.4. The first-order valence-corrected chi connectivity index (χ1v) is 6.54. The third-order valence-corrected chi connectivity index (χ3v) is 3.16. The molecule has 0 radical (unpaired) electrons. The first kappa shape index (κ1) is 13.9. The molecule has 2 aromatic carbocycles. The Morgan fingerprint density at radius 2 is 1.86 bits per heavy atom. The maximum Gasteiger partial charge on any atom is 0.269 e. The highest BCUT2D eigenvalue weighted by molar-refractivity contribution is 5.92. The van der Waals surface area contributed by atoms with Crippen LogP contribution in [-0.4, -0.2) is 17.6 Å². The van der Waals surface area contributed by atoms with Gasteiger partial charge in [0.05, 0.1) is 11.3 Å². The zero-order valence-corrected chi connectivity index (χ0v) is 11.4. The number of fused-ring (bicyclic) bond motifs is 1. The molecule has 1 aliphatic rings. The number of non-ortho nitro benzene ring substituents is 1. The van der Waals surface area contributed by atoms with Crippen LogP contribution in [0.25, 0.3) is 0 Å². The van der Waals surface area contributed by atoms with Crippen LogP contribution in [0.15, 0.2) is 42.5 Å². The molecule has 0 aliphatic carbocycles. The fourth-order valence-electron chi connectivity index (χ4n) is 2.11. The van der Waals surface area contributed by atoms with E-state index in [1.165, 1.54) is 24.3 Å². The predicted octanol–water partition coefficient (Wildman–Crippen LogP) is 2.50. The Kier molecular flexibility index (Phi) is 3.61. The molecule has 1 amide bonds. The molecule has 7 nitrogen and oxygen atoms in total. The van der Waals surface area contributed by atoms with Crippen molar-refractivity contribution in [3.05, 3.63) is 58.1 Å². The minimum Gasteiger partial charge on any atom is -0.454 e. The lowest BCUT2D eigenvalue weighted by Gasteiger charge is -2.06. The SMILES string of the molecule is O=C(Cc1ccc2c(c1)OCO2)Nc1ccc([N+](=O)[O-])cc1. The predicted molar refractivity (Wildman–Crippen MR) is 78.0 cm³/mol. The number of carbonyl (C=O) groups is 1. The number of ether oxygens (including phenoxy) is 2. The highest BCUT2D eigenvalue weighted by atomic mass is 16.7. The number of benzene rings is 2. The van der Waals surface area contributed by atoms with Gasteiger partial charge < -0.3 is 14.8 Å². The molecule has 3 rings (SSSR count). The molecule has 0 saturated carbocycles. The molecule has 2 aromatic rings. The van der Waals surface area contributed by atoms with Gasteiger partial charge in [-0.3, -0.25) is 14.9 Å². The van der Waals surface area contributed by atoms with Crippen LogP contribution in [0.5, 0.6) is 11.5 Å². The van der Waals surface area contributed by atoms with Crippen molar-refractivity contribution in [3.8, 4) is 11.5 Å². The Morgan fingerprint density at radius 3 is 2.59 bits per heavy atom. The second-order valence-electron chi connectivity index (χ2n) is 4.72. The molecule has 1 N–H and O–H groups in total. The Bertz CT molecular complexity index is 727. The van der Waals surface area contributed by atoms with Gasteiger partial charge in [-0.05, 0) is 29.8 Å². The number of nitrogens with one attached hydrogen (secondary N) is 1. The summed E-state index contributed by atoms with van der Waals surface area (Å²) in [6.07, 6.45) is 0.174. The van der Waals surface area contributed by atoms with Gasteiger partial charge in [0.1, 0.15) is 0 Å². The molecule has 1 heterocycles. The number of nitro groups is 1. The van der Waals surface area contributed by atoms with E-state index in [0.717, 1.165) is 5.56 Å². The summed E-state index contributed by atoms with van der Waals surface area (Å²) in [7, 11) is 0. The summed E-state index contributed by atoms with van der Waals surface area (Å²) in [5.74, 6) is 1.08. The second-order valence-corrected chi connectivity index (χ2v) is 4.72. The summed E-state index contributed by atoms with van der Waals surface area (Å²) in [5.41, 5.74) is 1.29. The molecule has 0 saturated heterocycles. The van der Waals surface area contributed by atoms with E-state index in [9.17, 15) is 14.9 Å².